The number of hydrogen-bond donors (Lipinski definition) is 2. The molecule has 0 atom stereocenters. The van der Waals surface area contributed by atoms with Gasteiger partial charge in [-0.1, -0.05) is 12.8 Å². The van der Waals surface area contributed by atoms with Crippen molar-refractivity contribution in [2.24, 2.45) is 0 Å². The Kier molecular flexibility index (Phi) is 5.00. The monoisotopic (exact) mass is 395 g/mol. The quantitative estimate of drug-likeness (QED) is 0.625. The van der Waals surface area contributed by atoms with Gasteiger partial charge in [0.2, 0.25) is 0 Å². The van der Waals surface area contributed by atoms with Gasteiger partial charge in [-0.3, -0.25) is 4.57 Å². The summed E-state index contributed by atoms with van der Waals surface area (Å²) in [6.45, 7) is 0. The van der Waals surface area contributed by atoms with Crippen molar-refractivity contribution in [1.82, 2.24) is 9.55 Å². The molecule has 140 valence electrons. The van der Waals surface area contributed by atoms with Gasteiger partial charge in [-0.05, 0) is 48.5 Å². The summed E-state index contributed by atoms with van der Waals surface area (Å²) in [4.78, 5) is 15.2. The predicted octanol–water partition coefficient (Wildman–Crippen LogP) is 4.77. The molecule has 1 N–H and O–H groups in total. The molecule has 3 rings (SSSR count). The Morgan fingerprint density at radius 3 is 2.30 bits per heavy atom. The molecule has 0 aliphatic heterocycles. The fraction of sp³-hybridized carbons (Fsp3) is 0.0588. The second-order valence-corrected chi connectivity index (χ2v) is 5.70. The number of alkyl halides is 3. The minimum atomic E-state index is -4.75. The number of hydrogen-bond acceptors (Lipinski definition) is 4. The molecule has 1 amide bonds. The minimum absolute atomic E-state index is 0.320. The third-order valence-electron chi connectivity index (χ3n) is 3.54. The fourth-order valence-corrected chi connectivity index (χ4v) is 2.53. The van der Waals surface area contributed by atoms with E-state index in [1.807, 2.05) is 0 Å². The van der Waals surface area contributed by atoms with Crippen LogP contribution in [-0.2, 0) is 0 Å². The van der Waals surface area contributed by atoms with E-state index >= 15 is 0 Å². The molecule has 2 aromatic carbocycles. The number of nitrogens with zero attached hydrogens (tertiary/aromatic N) is 3. The van der Waals surface area contributed by atoms with E-state index in [2.05, 4.69) is 22.5 Å². The van der Waals surface area contributed by atoms with Gasteiger partial charge in [0.15, 0.2) is 0 Å². The minimum Gasteiger partial charge on any atom is -0.464 e. The van der Waals surface area contributed by atoms with Crippen LogP contribution < -0.4 is 9.04 Å². The van der Waals surface area contributed by atoms with Gasteiger partial charge >= 0.3 is 12.5 Å². The number of ether oxygens (including phenoxy) is 1. The molecule has 27 heavy (non-hydrogen) atoms. The van der Waals surface area contributed by atoms with Crippen molar-refractivity contribution in [2.75, 3.05) is 4.31 Å². The maximum absolute atomic E-state index is 12.3. The summed E-state index contributed by atoms with van der Waals surface area (Å²) < 4.78 is 43.1. The lowest BCUT2D eigenvalue weighted by Gasteiger charge is -2.13. The second kappa shape index (κ2) is 7.23. The number of thiol groups is 1. The zero-order valence-electron chi connectivity index (χ0n) is 13.5. The van der Waals surface area contributed by atoms with Crippen LogP contribution >= 0.6 is 12.8 Å². The van der Waals surface area contributed by atoms with Gasteiger partial charge in [0.25, 0.3) is 0 Å². The zero-order chi connectivity index (χ0) is 19.6. The summed E-state index contributed by atoms with van der Waals surface area (Å²) in [5.41, 5.74) is 1.63. The Labute approximate surface area is 157 Å². The van der Waals surface area contributed by atoms with E-state index in [4.69, 9.17) is 5.11 Å². The van der Waals surface area contributed by atoms with Gasteiger partial charge in [-0.25, -0.2) is 14.1 Å². The highest BCUT2D eigenvalue weighted by atomic mass is 32.1. The SMILES string of the molecule is O=C(O)N(S)c1ccc(-c2nccn2-c2ccc(OC(F)(F)F)cc2)cc1. The van der Waals surface area contributed by atoms with Gasteiger partial charge in [-0.15, -0.1) is 13.2 Å². The number of imidazole rings is 1. The summed E-state index contributed by atoms with van der Waals surface area (Å²) >= 11 is 3.86. The summed E-state index contributed by atoms with van der Waals surface area (Å²) in [6, 6.07) is 11.8. The number of aromatic nitrogens is 2. The molecular weight excluding hydrogens is 383 g/mol. The molecule has 6 nitrogen and oxygen atoms in total. The first-order valence-electron chi connectivity index (χ1n) is 7.46. The largest absolute Gasteiger partial charge is 0.573 e. The van der Waals surface area contributed by atoms with Crippen LogP contribution in [0.4, 0.5) is 23.7 Å². The first-order chi connectivity index (χ1) is 12.7. The highest BCUT2D eigenvalue weighted by Crippen LogP contribution is 2.27. The van der Waals surface area contributed by atoms with Crippen molar-refractivity contribution >= 4 is 24.6 Å². The topological polar surface area (TPSA) is 67.6 Å². The predicted molar refractivity (Wildman–Crippen MR) is 95.2 cm³/mol. The number of amides is 1. The van der Waals surface area contributed by atoms with Crippen LogP contribution in [0.25, 0.3) is 17.1 Å². The number of halogens is 3. The van der Waals surface area contributed by atoms with Crippen LogP contribution in [0.2, 0.25) is 0 Å². The maximum atomic E-state index is 12.3. The van der Waals surface area contributed by atoms with E-state index in [9.17, 15) is 18.0 Å². The van der Waals surface area contributed by atoms with Crippen LogP contribution in [0.3, 0.4) is 0 Å². The normalized spacial score (nSPS) is 11.3. The first kappa shape index (κ1) is 18.6. The molecule has 1 aromatic heterocycles. The van der Waals surface area contributed by atoms with E-state index in [0.29, 0.717) is 22.8 Å². The molecular formula is C17H12F3N3O3S. The lowest BCUT2D eigenvalue weighted by Crippen LogP contribution is -2.17. The highest BCUT2D eigenvalue weighted by Gasteiger charge is 2.31. The second-order valence-electron chi connectivity index (χ2n) is 5.30. The number of carbonyl (C=O) groups is 1. The summed E-state index contributed by atoms with van der Waals surface area (Å²) in [7, 11) is 0. The van der Waals surface area contributed by atoms with Crippen LogP contribution in [-0.4, -0.2) is 27.1 Å². The Morgan fingerprint density at radius 1 is 1.11 bits per heavy atom. The highest BCUT2D eigenvalue weighted by molar-refractivity contribution is 7.82. The van der Waals surface area contributed by atoms with Gasteiger partial charge in [0.05, 0.1) is 5.69 Å². The van der Waals surface area contributed by atoms with Crippen LogP contribution in [0.1, 0.15) is 0 Å². The summed E-state index contributed by atoms with van der Waals surface area (Å²) in [5.74, 6) is 0.215. The molecule has 0 bridgehead atoms. The van der Waals surface area contributed by atoms with Crippen molar-refractivity contribution in [3.05, 3.63) is 60.9 Å². The van der Waals surface area contributed by atoms with Crippen molar-refractivity contribution in [2.45, 2.75) is 6.36 Å². The summed E-state index contributed by atoms with van der Waals surface area (Å²) in [5, 5.41) is 8.93. The molecule has 0 saturated carbocycles. The number of anilines is 1. The fourth-order valence-electron chi connectivity index (χ4n) is 2.40. The van der Waals surface area contributed by atoms with E-state index in [0.717, 1.165) is 4.31 Å². The molecule has 0 unspecified atom stereocenters. The molecule has 0 radical (unpaired) electrons. The maximum Gasteiger partial charge on any atom is 0.573 e. The molecule has 10 heteroatoms. The number of benzene rings is 2. The summed E-state index contributed by atoms with van der Waals surface area (Å²) in [6.07, 6.45) is -2.76. The molecule has 0 aliphatic rings. The van der Waals surface area contributed by atoms with Crippen molar-refractivity contribution < 1.29 is 27.8 Å². The van der Waals surface area contributed by atoms with Crippen LogP contribution in [0.15, 0.2) is 60.9 Å². The Morgan fingerprint density at radius 2 is 1.74 bits per heavy atom. The van der Waals surface area contributed by atoms with E-state index < -0.39 is 12.5 Å². The molecule has 0 saturated heterocycles. The van der Waals surface area contributed by atoms with Crippen molar-refractivity contribution in [3.8, 4) is 22.8 Å². The standard InChI is InChI=1S/C17H12F3N3O3S/c18-17(19,20)26-14-7-5-12(6-8-14)22-10-9-21-15(22)11-1-3-13(4-2-11)23(27)16(24)25/h1-10,27H,(H,24,25). The third kappa shape index (κ3) is 4.34. The lowest BCUT2D eigenvalue weighted by molar-refractivity contribution is -0.274. The number of rotatable bonds is 4. The van der Waals surface area contributed by atoms with Gasteiger partial charge < -0.3 is 9.84 Å². The van der Waals surface area contributed by atoms with E-state index in [-0.39, 0.29) is 5.75 Å². The molecule has 0 fully saturated rings. The molecule has 3 aromatic rings. The Balaban J connectivity index is 1.87. The van der Waals surface area contributed by atoms with Crippen molar-refractivity contribution in [3.63, 3.8) is 0 Å². The van der Waals surface area contributed by atoms with Gasteiger partial charge in [-0.2, -0.15) is 0 Å². The lowest BCUT2D eigenvalue weighted by atomic mass is 10.2. The molecule has 0 spiro atoms. The van der Waals surface area contributed by atoms with Gasteiger partial charge in [0, 0.05) is 23.6 Å². The average Bonchev–Trinajstić information content (AvgIpc) is 3.10. The zero-order valence-corrected chi connectivity index (χ0v) is 14.4. The van der Waals surface area contributed by atoms with Crippen molar-refractivity contribution in [1.29, 1.82) is 0 Å². The number of carboxylic acid groups (broad SMARTS) is 1. The average molecular weight is 395 g/mol. The third-order valence-corrected chi connectivity index (χ3v) is 3.94. The Bertz CT molecular complexity index is 941. The van der Waals surface area contributed by atoms with Crippen LogP contribution in [0.5, 0.6) is 5.75 Å². The van der Waals surface area contributed by atoms with Gasteiger partial charge in [0.1, 0.15) is 11.6 Å². The smallest absolute Gasteiger partial charge is 0.464 e. The first-order valence-corrected chi connectivity index (χ1v) is 7.86. The Hall–Kier alpha value is -3.14. The molecule has 0 aliphatic carbocycles. The van der Waals surface area contributed by atoms with Crippen LogP contribution in [0, 0.1) is 0 Å². The molecule has 1 heterocycles. The van der Waals surface area contributed by atoms with E-state index in [1.54, 1.807) is 41.2 Å². The van der Waals surface area contributed by atoms with E-state index in [1.165, 1.54) is 24.3 Å².